The van der Waals surface area contributed by atoms with E-state index in [1.165, 1.54) is 0 Å². The number of carbonyl (C=O) groups excluding carboxylic acids is 1. The van der Waals surface area contributed by atoms with Crippen molar-refractivity contribution in [1.82, 2.24) is 4.90 Å². The second kappa shape index (κ2) is 8.55. The Morgan fingerprint density at radius 1 is 1.38 bits per heavy atom. The molecular weight excluding hydrogens is 396 g/mol. The van der Waals surface area contributed by atoms with E-state index in [0.717, 1.165) is 23.2 Å². The third kappa shape index (κ3) is 4.53. The van der Waals surface area contributed by atoms with Crippen LogP contribution >= 0.6 is 28.3 Å². The van der Waals surface area contributed by atoms with Crippen LogP contribution in [0.3, 0.4) is 0 Å². The molecule has 1 aromatic carbocycles. The number of furan rings is 1. The molecule has 1 aromatic heterocycles. The van der Waals surface area contributed by atoms with E-state index in [9.17, 15) is 4.79 Å². The molecule has 3 rings (SSSR count). The molecule has 2 heterocycles. The van der Waals surface area contributed by atoms with Crippen molar-refractivity contribution >= 4 is 34.2 Å². The highest BCUT2D eigenvalue weighted by Gasteiger charge is 2.27. The Kier molecular flexibility index (Phi) is 6.71. The zero-order valence-electron chi connectivity index (χ0n) is 13.1. The van der Waals surface area contributed by atoms with E-state index in [1.54, 1.807) is 17.0 Å². The van der Waals surface area contributed by atoms with Gasteiger partial charge in [-0.2, -0.15) is 0 Å². The number of hydrogen-bond donors (Lipinski definition) is 1. The van der Waals surface area contributed by atoms with Gasteiger partial charge in [-0.25, -0.2) is 0 Å². The second-order valence-electron chi connectivity index (χ2n) is 5.65. The number of amides is 1. The molecule has 1 atom stereocenters. The maximum Gasteiger partial charge on any atom is 0.289 e. The van der Waals surface area contributed by atoms with Crippen molar-refractivity contribution in [2.75, 3.05) is 19.6 Å². The molecule has 7 heteroatoms. The third-order valence-corrected chi connectivity index (χ3v) is 4.45. The first-order chi connectivity index (χ1) is 11.2. The van der Waals surface area contributed by atoms with Gasteiger partial charge in [-0.3, -0.25) is 4.79 Å². The highest BCUT2D eigenvalue weighted by atomic mass is 79.9. The van der Waals surface area contributed by atoms with E-state index in [0.29, 0.717) is 30.5 Å². The predicted octanol–water partition coefficient (Wildman–Crippen LogP) is 3.46. The fraction of sp³-hybridized carbons (Fsp3) is 0.353. The van der Waals surface area contributed by atoms with Gasteiger partial charge >= 0.3 is 0 Å². The van der Waals surface area contributed by atoms with Crippen LogP contribution in [-0.2, 0) is 6.61 Å². The summed E-state index contributed by atoms with van der Waals surface area (Å²) in [6, 6.07) is 11.1. The molecule has 1 fully saturated rings. The fourth-order valence-electron chi connectivity index (χ4n) is 2.65. The van der Waals surface area contributed by atoms with Gasteiger partial charge in [-0.15, -0.1) is 12.4 Å². The van der Waals surface area contributed by atoms with Gasteiger partial charge in [0.05, 0.1) is 0 Å². The Bertz CT molecular complexity index is 692. The van der Waals surface area contributed by atoms with Crippen molar-refractivity contribution in [2.45, 2.75) is 13.0 Å². The van der Waals surface area contributed by atoms with Gasteiger partial charge in [0.25, 0.3) is 5.91 Å². The number of ether oxygens (including phenoxy) is 1. The molecule has 24 heavy (non-hydrogen) atoms. The molecule has 1 saturated heterocycles. The first-order valence-corrected chi connectivity index (χ1v) is 8.41. The number of carbonyl (C=O) groups is 1. The van der Waals surface area contributed by atoms with Crippen molar-refractivity contribution < 1.29 is 13.9 Å². The van der Waals surface area contributed by atoms with Crippen LogP contribution in [-0.4, -0.2) is 30.4 Å². The predicted molar refractivity (Wildman–Crippen MR) is 97.5 cm³/mol. The lowest BCUT2D eigenvalue weighted by atomic mass is 10.1. The third-order valence-electron chi connectivity index (χ3n) is 3.96. The Balaban J connectivity index is 0.00000208. The lowest BCUT2D eigenvalue weighted by Crippen LogP contribution is -2.29. The maximum absolute atomic E-state index is 12.4. The summed E-state index contributed by atoms with van der Waals surface area (Å²) in [6.45, 7) is 2.36. The van der Waals surface area contributed by atoms with E-state index in [2.05, 4.69) is 15.9 Å². The van der Waals surface area contributed by atoms with E-state index >= 15 is 0 Å². The highest BCUT2D eigenvalue weighted by Crippen LogP contribution is 2.21. The zero-order chi connectivity index (χ0) is 16.2. The number of benzene rings is 1. The Morgan fingerprint density at radius 3 is 2.92 bits per heavy atom. The van der Waals surface area contributed by atoms with Crippen molar-refractivity contribution in [3.05, 3.63) is 52.4 Å². The average Bonchev–Trinajstić information content (AvgIpc) is 3.22. The Hall–Kier alpha value is -1.50. The summed E-state index contributed by atoms with van der Waals surface area (Å²) in [5.41, 5.74) is 5.66. The lowest BCUT2D eigenvalue weighted by molar-refractivity contribution is 0.0752. The Morgan fingerprint density at radius 2 is 2.21 bits per heavy atom. The van der Waals surface area contributed by atoms with Crippen LogP contribution in [0.25, 0.3) is 0 Å². The van der Waals surface area contributed by atoms with Gasteiger partial charge < -0.3 is 19.8 Å². The molecule has 0 bridgehead atoms. The molecule has 1 aliphatic heterocycles. The maximum atomic E-state index is 12.4. The molecule has 130 valence electrons. The first-order valence-electron chi connectivity index (χ1n) is 7.62. The molecule has 0 aliphatic carbocycles. The summed E-state index contributed by atoms with van der Waals surface area (Å²) in [5, 5.41) is 0. The minimum absolute atomic E-state index is 0. The minimum atomic E-state index is -0.0744. The van der Waals surface area contributed by atoms with Gasteiger partial charge in [0.1, 0.15) is 18.1 Å². The summed E-state index contributed by atoms with van der Waals surface area (Å²) < 4.78 is 12.2. The molecular formula is C17H20BrClN2O3. The van der Waals surface area contributed by atoms with Crippen molar-refractivity contribution in [3.63, 3.8) is 0 Å². The van der Waals surface area contributed by atoms with Crippen LogP contribution in [0.2, 0.25) is 0 Å². The minimum Gasteiger partial charge on any atom is -0.486 e. The number of rotatable bonds is 5. The normalized spacial score (nSPS) is 16.8. The molecule has 2 aromatic rings. The molecule has 2 N–H and O–H groups in total. The van der Waals surface area contributed by atoms with Gasteiger partial charge in [0.15, 0.2) is 5.76 Å². The summed E-state index contributed by atoms with van der Waals surface area (Å²) >= 11 is 3.40. The summed E-state index contributed by atoms with van der Waals surface area (Å²) in [7, 11) is 0. The molecule has 1 unspecified atom stereocenters. The topological polar surface area (TPSA) is 68.7 Å². The van der Waals surface area contributed by atoms with Gasteiger partial charge in [-0.1, -0.05) is 22.0 Å². The van der Waals surface area contributed by atoms with Gasteiger partial charge in [0.2, 0.25) is 0 Å². The molecule has 1 aliphatic rings. The smallest absolute Gasteiger partial charge is 0.289 e. The van der Waals surface area contributed by atoms with Crippen LogP contribution in [0.1, 0.15) is 22.7 Å². The Labute approximate surface area is 155 Å². The molecule has 1 amide bonds. The molecule has 0 saturated carbocycles. The van der Waals surface area contributed by atoms with Crippen LogP contribution < -0.4 is 10.5 Å². The standard InChI is InChI=1S/C17H19BrN2O3.ClH/c18-13-2-1-3-14(8-13)22-11-15-4-5-16(23-15)17(21)20-7-6-12(9-19)10-20;/h1-5,8,12H,6-7,9-11,19H2;1H. The van der Waals surface area contributed by atoms with Crippen LogP contribution in [0.4, 0.5) is 0 Å². The summed E-state index contributed by atoms with van der Waals surface area (Å²) in [5.74, 6) is 2.05. The molecule has 0 radical (unpaired) electrons. The van der Waals surface area contributed by atoms with E-state index in [-0.39, 0.29) is 24.9 Å². The van der Waals surface area contributed by atoms with Gasteiger partial charge in [0, 0.05) is 17.6 Å². The number of likely N-dealkylation sites (tertiary alicyclic amines) is 1. The first kappa shape index (κ1) is 18.8. The quantitative estimate of drug-likeness (QED) is 0.812. The second-order valence-corrected chi connectivity index (χ2v) is 6.57. The fourth-order valence-corrected chi connectivity index (χ4v) is 3.03. The highest BCUT2D eigenvalue weighted by molar-refractivity contribution is 9.10. The van der Waals surface area contributed by atoms with Crippen molar-refractivity contribution in [2.24, 2.45) is 11.7 Å². The number of hydrogen-bond acceptors (Lipinski definition) is 4. The summed E-state index contributed by atoms with van der Waals surface area (Å²) in [6.07, 6.45) is 0.960. The largest absolute Gasteiger partial charge is 0.486 e. The SMILES string of the molecule is Cl.NCC1CCN(C(=O)c2ccc(COc3cccc(Br)c3)o2)C1. The van der Waals surface area contributed by atoms with E-state index in [1.807, 2.05) is 24.3 Å². The van der Waals surface area contributed by atoms with Crippen LogP contribution in [0.15, 0.2) is 45.3 Å². The number of halogens is 2. The van der Waals surface area contributed by atoms with E-state index < -0.39 is 0 Å². The lowest BCUT2D eigenvalue weighted by Gasteiger charge is -2.14. The van der Waals surface area contributed by atoms with Crippen LogP contribution in [0, 0.1) is 5.92 Å². The van der Waals surface area contributed by atoms with Crippen molar-refractivity contribution in [1.29, 1.82) is 0 Å². The zero-order valence-corrected chi connectivity index (χ0v) is 15.5. The van der Waals surface area contributed by atoms with Crippen molar-refractivity contribution in [3.8, 4) is 5.75 Å². The molecule has 0 spiro atoms. The summed E-state index contributed by atoms with van der Waals surface area (Å²) in [4.78, 5) is 14.2. The van der Waals surface area contributed by atoms with Crippen LogP contribution in [0.5, 0.6) is 5.75 Å². The number of nitrogens with two attached hydrogens (primary N) is 1. The average molecular weight is 416 g/mol. The molecule has 5 nitrogen and oxygen atoms in total. The number of nitrogens with zero attached hydrogens (tertiary/aromatic N) is 1. The van der Waals surface area contributed by atoms with E-state index in [4.69, 9.17) is 14.9 Å². The monoisotopic (exact) mass is 414 g/mol. The van der Waals surface area contributed by atoms with Gasteiger partial charge in [-0.05, 0) is 49.2 Å².